The Morgan fingerprint density at radius 1 is 1.06 bits per heavy atom. The molecule has 1 N–H and O–H groups in total. The summed E-state index contributed by atoms with van der Waals surface area (Å²) in [5.41, 5.74) is 0.695. The van der Waals surface area contributed by atoms with Gasteiger partial charge in [0.15, 0.2) is 11.5 Å². The number of ether oxygens (including phenoxy) is 2. The zero-order valence-corrected chi connectivity index (χ0v) is 20.4. The van der Waals surface area contributed by atoms with Crippen molar-refractivity contribution in [2.24, 2.45) is 0 Å². The summed E-state index contributed by atoms with van der Waals surface area (Å²) in [5, 5.41) is 34.6. The number of halogens is 1. The Balaban J connectivity index is 1.94. The topological polar surface area (TPSA) is 158 Å². The van der Waals surface area contributed by atoms with Gasteiger partial charge in [-0.05, 0) is 64.8 Å². The monoisotopic (exact) mass is 552 g/mol. The van der Waals surface area contributed by atoms with Crippen LogP contribution < -0.4 is 14.8 Å². The van der Waals surface area contributed by atoms with Crippen molar-refractivity contribution >= 4 is 45.0 Å². The zero-order chi connectivity index (χ0) is 26.4. The lowest BCUT2D eigenvalue weighted by molar-refractivity contribution is -0.394. The highest BCUT2D eigenvalue weighted by atomic mass is 79.9. The number of carbonyl (C=O) groups is 1. The highest BCUT2D eigenvalue weighted by Crippen LogP contribution is 2.43. The fraction of sp³-hybridized carbons (Fsp3) is 0.0833. The summed E-state index contributed by atoms with van der Waals surface area (Å²) in [7, 11) is 1.33. The molecule has 1 amide bonds. The van der Waals surface area contributed by atoms with E-state index in [0.29, 0.717) is 11.3 Å². The molecule has 182 valence electrons. The molecular weight excluding hydrogens is 536 g/mol. The predicted molar refractivity (Wildman–Crippen MR) is 134 cm³/mol. The number of nitrogens with one attached hydrogen (secondary N) is 1. The van der Waals surface area contributed by atoms with Crippen LogP contribution in [0.5, 0.6) is 17.2 Å². The molecular formula is C24H17BrN4O7. The van der Waals surface area contributed by atoms with E-state index in [-0.39, 0.29) is 27.3 Å². The first-order chi connectivity index (χ1) is 17.1. The first-order valence-electron chi connectivity index (χ1n) is 10.1. The number of nitrogens with zero attached hydrogens (tertiary/aromatic N) is 3. The summed E-state index contributed by atoms with van der Waals surface area (Å²) in [6, 6.07) is 14.9. The van der Waals surface area contributed by atoms with E-state index in [1.54, 1.807) is 12.1 Å². The largest absolute Gasteiger partial charge is 0.493 e. The molecule has 11 nitrogen and oxygen atoms in total. The molecule has 0 aliphatic carbocycles. The Bertz CT molecular complexity index is 1430. The number of benzene rings is 3. The van der Waals surface area contributed by atoms with Crippen molar-refractivity contribution in [2.45, 2.75) is 6.92 Å². The van der Waals surface area contributed by atoms with Gasteiger partial charge in [-0.1, -0.05) is 17.7 Å². The Labute approximate surface area is 213 Å². The highest BCUT2D eigenvalue weighted by Gasteiger charge is 2.23. The van der Waals surface area contributed by atoms with Crippen molar-refractivity contribution in [3.8, 4) is 23.3 Å². The third kappa shape index (κ3) is 6.02. The summed E-state index contributed by atoms with van der Waals surface area (Å²) in [5.74, 6) is -0.685. The first kappa shape index (κ1) is 25.9. The van der Waals surface area contributed by atoms with E-state index in [1.807, 2.05) is 25.1 Å². The Kier molecular flexibility index (Phi) is 7.98. The smallest absolute Gasteiger partial charge is 0.318 e. The van der Waals surface area contributed by atoms with Gasteiger partial charge in [0, 0.05) is 11.8 Å². The van der Waals surface area contributed by atoms with Gasteiger partial charge in [-0.3, -0.25) is 25.0 Å². The van der Waals surface area contributed by atoms with Crippen LogP contribution in [-0.4, -0.2) is 22.9 Å². The molecule has 12 heteroatoms. The fourth-order valence-electron chi connectivity index (χ4n) is 3.03. The minimum atomic E-state index is -0.800. The Morgan fingerprint density at radius 3 is 2.33 bits per heavy atom. The van der Waals surface area contributed by atoms with Crippen LogP contribution in [0.3, 0.4) is 0 Å². The van der Waals surface area contributed by atoms with Crippen LogP contribution in [-0.2, 0) is 4.79 Å². The average molecular weight is 553 g/mol. The van der Waals surface area contributed by atoms with Crippen LogP contribution in [0, 0.1) is 38.5 Å². The molecule has 0 atom stereocenters. The number of rotatable bonds is 8. The molecule has 3 aromatic rings. The quantitative estimate of drug-likeness (QED) is 0.156. The van der Waals surface area contributed by atoms with Crippen molar-refractivity contribution in [2.75, 3.05) is 12.4 Å². The van der Waals surface area contributed by atoms with Crippen LogP contribution in [0.25, 0.3) is 6.08 Å². The molecule has 0 heterocycles. The second-order valence-electron chi connectivity index (χ2n) is 7.29. The van der Waals surface area contributed by atoms with Gasteiger partial charge in [0.05, 0.1) is 27.5 Å². The summed E-state index contributed by atoms with van der Waals surface area (Å²) in [6.45, 7) is 1.91. The number of carbonyl (C=O) groups excluding carboxylic acids is 1. The number of nitro benzene ring substituents is 2. The Morgan fingerprint density at radius 2 is 1.75 bits per heavy atom. The third-order valence-corrected chi connectivity index (χ3v) is 5.39. The molecule has 0 saturated carbocycles. The van der Waals surface area contributed by atoms with E-state index in [0.717, 1.165) is 23.8 Å². The third-order valence-electron chi connectivity index (χ3n) is 4.80. The lowest BCUT2D eigenvalue weighted by atomic mass is 10.1. The van der Waals surface area contributed by atoms with E-state index in [1.165, 1.54) is 25.3 Å². The summed E-state index contributed by atoms with van der Waals surface area (Å²) in [6.07, 6.45) is 1.34. The lowest BCUT2D eigenvalue weighted by Gasteiger charge is -2.13. The van der Waals surface area contributed by atoms with Crippen molar-refractivity contribution in [1.29, 1.82) is 5.26 Å². The van der Waals surface area contributed by atoms with Crippen LogP contribution in [0.15, 0.2) is 64.6 Å². The minimum Gasteiger partial charge on any atom is -0.493 e. The van der Waals surface area contributed by atoms with Crippen molar-refractivity contribution in [3.63, 3.8) is 0 Å². The molecule has 0 radical (unpaired) electrons. The molecule has 0 aliphatic rings. The van der Waals surface area contributed by atoms with Gasteiger partial charge >= 0.3 is 5.69 Å². The second-order valence-corrected chi connectivity index (χ2v) is 8.15. The molecule has 0 bridgehead atoms. The fourth-order valence-corrected chi connectivity index (χ4v) is 3.57. The molecule has 3 rings (SSSR count). The maximum Gasteiger partial charge on any atom is 0.318 e. The zero-order valence-electron chi connectivity index (χ0n) is 18.9. The normalized spacial score (nSPS) is 10.8. The number of anilines is 1. The van der Waals surface area contributed by atoms with E-state index in [4.69, 9.17) is 9.47 Å². The van der Waals surface area contributed by atoms with Crippen molar-refractivity contribution in [1.82, 2.24) is 0 Å². The summed E-state index contributed by atoms with van der Waals surface area (Å²) < 4.78 is 11.3. The number of amides is 1. The molecule has 0 fully saturated rings. The van der Waals surface area contributed by atoms with E-state index in [9.17, 15) is 30.3 Å². The number of hydrogen-bond donors (Lipinski definition) is 1. The SMILES string of the molecule is COc1cc(/C=C(/C#N)C(=O)Nc2ccc(C)cc2)cc(Br)c1Oc1ccc([N+](=O)[O-])cc1[N+](=O)[O-]. The number of nitro groups is 2. The van der Waals surface area contributed by atoms with Crippen LogP contribution in [0.1, 0.15) is 11.1 Å². The summed E-state index contributed by atoms with van der Waals surface area (Å²) >= 11 is 3.31. The summed E-state index contributed by atoms with van der Waals surface area (Å²) in [4.78, 5) is 33.4. The van der Waals surface area contributed by atoms with Crippen molar-refractivity contribution in [3.05, 3.63) is 96.0 Å². The average Bonchev–Trinajstić information content (AvgIpc) is 2.85. The van der Waals surface area contributed by atoms with Crippen LogP contribution in [0.4, 0.5) is 17.1 Å². The lowest BCUT2D eigenvalue weighted by Crippen LogP contribution is -2.13. The van der Waals surface area contributed by atoms with Crippen LogP contribution >= 0.6 is 15.9 Å². The standard InChI is InChI=1S/C24H17BrN4O7/c1-14-3-5-17(6-4-14)27-24(30)16(13-26)9-15-10-19(25)23(22(11-15)35-2)36-21-8-7-18(28(31)32)12-20(21)29(33)34/h3-12H,1-2H3,(H,27,30)/b16-9-. The molecule has 0 aliphatic heterocycles. The van der Waals surface area contributed by atoms with Gasteiger partial charge in [0.1, 0.15) is 11.6 Å². The number of methoxy groups -OCH3 is 1. The van der Waals surface area contributed by atoms with Gasteiger partial charge < -0.3 is 14.8 Å². The van der Waals surface area contributed by atoms with E-state index < -0.39 is 27.1 Å². The van der Waals surface area contributed by atoms with Gasteiger partial charge in [-0.25, -0.2) is 0 Å². The molecule has 0 unspecified atom stereocenters. The number of nitriles is 1. The molecule has 36 heavy (non-hydrogen) atoms. The van der Waals surface area contributed by atoms with E-state index in [2.05, 4.69) is 21.2 Å². The maximum absolute atomic E-state index is 12.6. The molecule has 0 spiro atoms. The first-order valence-corrected chi connectivity index (χ1v) is 10.9. The highest BCUT2D eigenvalue weighted by molar-refractivity contribution is 9.10. The van der Waals surface area contributed by atoms with Gasteiger partial charge in [-0.15, -0.1) is 0 Å². The van der Waals surface area contributed by atoms with Gasteiger partial charge in [0.2, 0.25) is 5.75 Å². The number of aryl methyl sites for hydroxylation is 1. The Hall–Kier alpha value is -4.76. The molecule has 3 aromatic carbocycles. The van der Waals surface area contributed by atoms with Gasteiger partial charge in [0.25, 0.3) is 11.6 Å². The number of non-ortho nitro benzene ring substituents is 1. The number of hydrogen-bond acceptors (Lipinski definition) is 8. The molecule has 0 saturated heterocycles. The second kappa shape index (κ2) is 11.1. The van der Waals surface area contributed by atoms with Crippen LogP contribution in [0.2, 0.25) is 0 Å². The van der Waals surface area contributed by atoms with E-state index >= 15 is 0 Å². The molecule has 0 aromatic heterocycles. The van der Waals surface area contributed by atoms with Crippen molar-refractivity contribution < 1.29 is 24.1 Å². The minimum absolute atomic E-state index is 0.0502. The maximum atomic E-state index is 12.6. The van der Waals surface area contributed by atoms with Gasteiger partial charge in [-0.2, -0.15) is 5.26 Å². The predicted octanol–water partition coefficient (Wildman–Crippen LogP) is 5.92.